The molecule has 0 spiro atoms. The fraction of sp³-hybridized carbons (Fsp3) is 0.500. The van der Waals surface area contributed by atoms with Crippen molar-refractivity contribution in [3.8, 4) is 5.75 Å². The highest BCUT2D eigenvalue weighted by molar-refractivity contribution is 7.89. The number of nitrogens with two attached hydrogens (primary N) is 1. The summed E-state index contributed by atoms with van der Waals surface area (Å²) in [7, 11) is -3.39. The van der Waals surface area contributed by atoms with E-state index in [2.05, 4.69) is 0 Å². The number of ether oxygens (including phenoxy) is 2. The number of hydrogen-bond donors (Lipinski definition) is 1. The molecule has 21 heavy (non-hydrogen) atoms. The van der Waals surface area contributed by atoms with Crippen LogP contribution in [-0.4, -0.2) is 33.4 Å². The van der Waals surface area contributed by atoms with Gasteiger partial charge in [0.2, 0.25) is 10.0 Å². The highest BCUT2D eigenvalue weighted by Gasteiger charge is 2.12. The van der Waals surface area contributed by atoms with E-state index in [9.17, 15) is 13.2 Å². The van der Waals surface area contributed by atoms with Crippen LogP contribution in [0.4, 0.5) is 0 Å². The minimum Gasteiger partial charge on any atom is -0.493 e. The maximum absolute atomic E-state index is 11.7. The molecule has 1 aromatic carbocycles. The zero-order chi connectivity index (χ0) is 15.7. The van der Waals surface area contributed by atoms with Gasteiger partial charge in [0.1, 0.15) is 11.3 Å². The lowest BCUT2D eigenvalue weighted by molar-refractivity contribution is 0.0521. The molecule has 0 amide bonds. The van der Waals surface area contributed by atoms with Crippen LogP contribution in [0.1, 0.15) is 36.5 Å². The molecule has 0 saturated carbocycles. The molecule has 0 fully saturated rings. The first kappa shape index (κ1) is 17.5. The first-order chi connectivity index (χ1) is 9.94. The molecule has 0 saturated heterocycles. The molecular weight excluding hydrogens is 294 g/mol. The second-order valence-corrected chi connectivity index (χ2v) is 6.23. The molecule has 0 aliphatic rings. The van der Waals surface area contributed by atoms with Gasteiger partial charge in [-0.15, -0.1) is 0 Å². The van der Waals surface area contributed by atoms with Gasteiger partial charge in [0, 0.05) is 0 Å². The molecule has 7 heteroatoms. The highest BCUT2D eigenvalue weighted by Crippen LogP contribution is 2.19. The van der Waals surface area contributed by atoms with Crippen molar-refractivity contribution in [2.75, 3.05) is 19.0 Å². The van der Waals surface area contributed by atoms with Gasteiger partial charge in [-0.2, -0.15) is 0 Å². The van der Waals surface area contributed by atoms with Crippen LogP contribution >= 0.6 is 0 Å². The summed E-state index contributed by atoms with van der Waals surface area (Å²) in [5, 5.41) is 4.91. The predicted octanol–water partition coefficient (Wildman–Crippen LogP) is 1.70. The van der Waals surface area contributed by atoms with Crippen LogP contribution in [0.25, 0.3) is 0 Å². The van der Waals surface area contributed by atoms with Gasteiger partial charge in [-0.05, 0) is 38.3 Å². The average molecular weight is 315 g/mol. The lowest BCUT2D eigenvalue weighted by atomic mass is 10.2. The van der Waals surface area contributed by atoms with Gasteiger partial charge in [-0.25, -0.2) is 18.4 Å². The number of unbranched alkanes of at least 4 members (excludes halogenated alkanes) is 2. The molecule has 1 rings (SSSR count). The summed E-state index contributed by atoms with van der Waals surface area (Å²) in [5.74, 6) is 0.0385. The zero-order valence-electron chi connectivity index (χ0n) is 12.1. The van der Waals surface area contributed by atoms with E-state index in [1.165, 1.54) is 0 Å². The van der Waals surface area contributed by atoms with Crippen molar-refractivity contribution in [1.82, 2.24) is 0 Å². The topological polar surface area (TPSA) is 95.7 Å². The highest BCUT2D eigenvalue weighted by atomic mass is 32.2. The molecule has 0 bridgehead atoms. The van der Waals surface area contributed by atoms with E-state index in [4.69, 9.17) is 14.6 Å². The summed E-state index contributed by atoms with van der Waals surface area (Å²) in [6.45, 7) is 2.45. The van der Waals surface area contributed by atoms with Crippen molar-refractivity contribution in [2.45, 2.75) is 26.2 Å². The Balaban J connectivity index is 2.40. The number of sulfonamides is 1. The number of benzene rings is 1. The van der Waals surface area contributed by atoms with Gasteiger partial charge in [-0.1, -0.05) is 12.1 Å². The molecule has 0 radical (unpaired) electrons. The second kappa shape index (κ2) is 8.63. The van der Waals surface area contributed by atoms with Crippen LogP contribution in [0, 0.1) is 0 Å². The van der Waals surface area contributed by atoms with Gasteiger partial charge in [0.25, 0.3) is 0 Å². The van der Waals surface area contributed by atoms with Crippen LogP contribution in [0.3, 0.4) is 0 Å². The van der Waals surface area contributed by atoms with E-state index < -0.39 is 16.0 Å². The summed E-state index contributed by atoms with van der Waals surface area (Å²) in [6, 6.07) is 6.87. The van der Waals surface area contributed by atoms with Crippen LogP contribution in [0.5, 0.6) is 5.75 Å². The Hall–Kier alpha value is -1.60. The molecule has 2 N–H and O–H groups in total. The summed E-state index contributed by atoms with van der Waals surface area (Å²) < 4.78 is 32.0. The van der Waals surface area contributed by atoms with Crippen molar-refractivity contribution in [1.29, 1.82) is 0 Å². The van der Waals surface area contributed by atoms with Gasteiger partial charge in [0.15, 0.2) is 0 Å². The van der Waals surface area contributed by atoms with Crippen molar-refractivity contribution in [3.05, 3.63) is 29.8 Å². The number of carbonyl (C=O) groups excluding carboxylic acids is 1. The van der Waals surface area contributed by atoms with Crippen molar-refractivity contribution >= 4 is 16.0 Å². The minimum atomic E-state index is -3.39. The Labute approximate surface area is 125 Å². The molecule has 0 atom stereocenters. The molecular formula is C14H21NO5S. The Kier molecular flexibility index (Phi) is 7.18. The zero-order valence-corrected chi connectivity index (χ0v) is 12.9. The van der Waals surface area contributed by atoms with Crippen molar-refractivity contribution in [2.24, 2.45) is 5.14 Å². The molecule has 0 aromatic heterocycles. The maximum Gasteiger partial charge on any atom is 0.341 e. The largest absolute Gasteiger partial charge is 0.493 e. The summed E-state index contributed by atoms with van der Waals surface area (Å²) in [4.78, 5) is 11.7. The van der Waals surface area contributed by atoms with Crippen LogP contribution in [0.2, 0.25) is 0 Å². The Morgan fingerprint density at radius 3 is 2.57 bits per heavy atom. The van der Waals surface area contributed by atoms with E-state index in [0.717, 1.165) is 0 Å². The molecule has 0 heterocycles. The average Bonchev–Trinajstić information content (AvgIpc) is 2.42. The second-order valence-electron chi connectivity index (χ2n) is 4.49. The predicted molar refractivity (Wildman–Crippen MR) is 79.7 cm³/mol. The molecule has 0 aliphatic heterocycles. The molecule has 6 nitrogen and oxygen atoms in total. The Morgan fingerprint density at radius 2 is 1.90 bits per heavy atom. The van der Waals surface area contributed by atoms with E-state index in [0.29, 0.717) is 43.8 Å². The van der Waals surface area contributed by atoms with E-state index in [1.807, 2.05) is 0 Å². The number of primary sulfonamides is 1. The number of rotatable bonds is 9. The SMILES string of the molecule is CCOC(=O)c1ccccc1OCCCCCS(N)(=O)=O. The van der Waals surface area contributed by atoms with Gasteiger partial charge >= 0.3 is 5.97 Å². The third-order valence-corrected chi connectivity index (χ3v) is 3.57. The molecule has 0 aliphatic carbocycles. The minimum absolute atomic E-state index is 0.0214. The number of hydrogen-bond acceptors (Lipinski definition) is 5. The Morgan fingerprint density at radius 1 is 1.19 bits per heavy atom. The smallest absolute Gasteiger partial charge is 0.341 e. The van der Waals surface area contributed by atoms with E-state index in [1.54, 1.807) is 31.2 Å². The first-order valence-corrected chi connectivity index (χ1v) is 8.55. The van der Waals surface area contributed by atoms with Gasteiger partial charge in [-0.3, -0.25) is 0 Å². The van der Waals surface area contributed by atoms with Gasteiger partial charge < -0.3 is 9.47 Å². The quantitative estimate of drug-likeness (QED) is 0.553. The summed E-state index contributed by atoms with van der Waals surface area (Å²) in [6.07, 6.45) is 1.88. The molecule has 1 aromatic rings. The third kappa shape index (κ3) is 7.10. The number of para-hydroxylation sites is 1. The molecule has 0 unspecified atom stereocenters. The monoisotopic (exact) mass is 315 g/mol. The summed E-state index contributed by atoms with van der Waals surface area (Å²) in [5.41, 5.74) is 0.392. The van der Waals surface area contributed by atoms with Crippen LogP contribution < -0.4 is 9.88 Å². The fourth-order valence-electron chi connectivity index (χ4n) is 1.73. The third-order valence-electron chi connectivity index (χ3n) is 2.71. The molecule has 118 valence electrons. The van der Waals surface area contributed by atoms with Crippen molar-refractivity contribution < 1.29 is 22.7 Å². The lowest BCUT2D eigenvalue weighted by Crippen LogP contribution is -2.16. The number of esters is 1. The standard InChI is InChI=1S/C14H21NO5S/c1-2-19-14(16)12-8-4-5-9-13(12)20-10-6-3-7-11-21(15,17)18/h4-5,8-9H,2-3,6-7,10-11H2,1H3,(H2,15,17,18). The lowest BCUT2D eigenvalue weighted by Gasteiger charge is -2.10. The number of carbonyl (C=O) groups is 1. The van der Waals surface area contributed by atoms with Gasteiger partial charge in [0.05, 0.1) is 19.0 Å². The fourth-order valence-corrected chi connectivity index (χ4v) is 2.34. The normalized spacial score (nSPS) is 11.1. The maximum atomic E-state index is 11.7. The van der Waals surface area contributed by atoms with Crippen molar-refractivity contribution in [3.63, 3.8) is 0 Å². The summed E-state index contributed by atoms with van der Waals surface area (Å²) >= 11 is 0. The van der Waals surface area contributed by atoms with Crippen LogP contribution in [0.15, 0.2) is 24.3 Å². The van der Waals surface area contributed by atoms with E-state index in [-0.39, 0.29) is 5.75 Å². The first-order valence-electron chi connectivity index (χ1n) is 6.83. The van der Waals surface area contributed by atoms with Crippen LogP contribution in [-0.2, 0) is 14.8 Å². The van der Waals surface area contributed by atoms with E-state index >= 15 is 0 Å². The Bertz CT molecular complexity index is 556.